The van der Waals surface area contributed by atoms with Crippen LogP contribution in [0.25, 0.3) is 0 Å². The van der Waals surface area contributed by atoms with Crippen molar-refractivity contribution in [2.45, 2.75) is 18.6 Å². The third-order valence-corrected chi connectivity index (χ3v) is 3.99. The van der Waals surface area contributed by atoms with Crippen molar-refractivity contribution in [2.24, 2.45) is 0 Å². The van der Waals surface area contributed by atoms with Crippen molar-refractivity contribution in [3.05, 3.63) is 53.9 Å². The zero-order valence-electron chi connectivity index (χ0n) is 12.7. The predicted octanol–water partition coefficient (Wildman–Crippen LogP) is 1.74. The van der Waals surface area contributed by atoms with Crippen molar-refractivity contribution in [3.8, 4) is 11.5 Å². The lowest BCUT2D eigenvalue weighted by molar-refractivity contribution is 0.0715. The zero-order valence-corrected chi connectivity index (χ0v) is 12.7. The number of β-amino-alcohol motifs (C(OH)–C–C–N with tert-alkyl or cyclic N) is 1. The van der Waals surface area contributed by atoms with E-state index in [1.54, 1.807) is 12.0 Å². The molecule has 0 aliphatic carbocycles. The minimum absolute atomic E-state index is 0.0616. The fraction of sp³-hybridized carbons (Fsp3) is 0.294. The van der Waals surface area contributed by atoms with Gasteiger partial charge in [0, 0.05) is 12.7 Å². The maximum Gasteiger partial charge on any atom is 0.256 e. The molecule has 1 fully saturated rings. The Hall–Kier alpha value is -2.60. The summed E-state index contributed by atoms with van der Waals surface area (Å²) in [5.41, 5.74) is 1.20. The fourth-order valence-corrected chi connectivity index (χ4v) is 2.91. The van der Waals surface area contributed by atoms with Gasteiger partial charge in [-0.3, -0.25) is 9.78 Å². The Labute approximate surface area is 134 Å². The van der Waals surface area contributed by atoms with Crippen LogP contribution in [0.3, 0.4) is 0 Å². The zero-order chi connectivity index (χ0) is 16.4. The molecule has 23 heavy (non-hydrogen) atoms. The van der Waals surface area contributed by atoms with Crippen LogP contribution in [0, 0.1) is 0 Å². The molecule has 0 bridgehead atoms. The van der Waals surface area contributed by atoms with E-state index in [1.165, 1.54) is 18.5 Å². The maximum absolute atomic E-state index is 12.7. The van der Waals surface area contributed by atoms with Crippen molar-refractivity contribution in [3.63, 3.8) is 0 Å². The van der Waals surface area contributed by atoms with Gasteiger partial charge in [0.25, 0.3) is 5.91 Å². The summed E-state index contributed by atoms with van der Waals surface area (Å²) in [5, 5.41) is 19.5. The second-order valence-electron chi connectivity index (χ2n) is 5.57. The fourth-order valence-electron chi connectivity index (χ4n) is 2.91. The number of pyridine rings is 1. The molecule has 0 spiro atoms. The number of carbonyl (C=O) groups excluding carboxylic acids is 1. The van der Waals surface area contributed by atoms with Gasteiger partial charge in [0.1, 0.15) is 11.5 Å². The summed E-state index contributed by atoms with van der Waals surface area (Å²) in [6.45, 7) is 0.246. The summed E-state index contributed by atoms with van der Waals surface area (Å²) in [7, 11) is 1.59. The van der Waals surface area contributed by atoms with Crippen LogP contribution >= 0.6 is 0 Å². The number of rotatable bonds is 3. The SMILES string of the molecule is COc1cccc([C@H]2C[C@H](O)CN2C(=O)c2cncc(O)c2)c1. The summed E-state index contributed by atoms with van der Waals surface area (Å²) < 4.78 is 5.23. The molecule has 3 rings (SSSR count). The first kappa shape index (κ1) is 15.3. The van der Waals surface area contributed by atoms with Crippen LogP contribution in [-0.2, 0) is 0 Å². The lowest BCUT2D eigenvalue weighted by Crippen LogP contribution is -2.31. The summed E-state index contributed by atoms with van der Waals surface area (Å²) >= 11 is 0. The normalized spacial score (nSPS) is 20.5. The molecule has 1 aliphatic rings. The highest BCUT2D eigenvalue weighted by molar-refractivity contribution is 5.94. The van der Waals surface area contributed by atoms with Gasteiger partial charge in [-0.1, -0.05) is 12.1 Å². The first-order valence-electron chi connectivity index (χ1n) is 7.35. The Morgan fingerprint density at radius 2 is 2.17 bits per heavy atom. The molecule has 0 unspecified atom stereocenters. The smallest absolute Gasteiger partial charge is 0.256 e. The van der Waals surface area contributed by atoms with Gasteiger partial charge in [-0.05, 0) is 30.2 Å². The Morgan fingerprint density at radius 3 is 2.91 bits per heavy atom. The largest absolute Gasteiger partial charge is 0.506 e. The maximum atomic E-state index is 12.7. The van der Waals surface area contributed by atoms with E-state index in [9.17, 15) is 15.0 Å². The standard InChI is InChI=1S/C17H18N2O4/c1-23-15-4-2-3-11(6-15)16-7-14(21)10-19(16)17(22)12-5-13(20)9-18-8-12/h2-6,8-9,14,16,20-21H,7,10H2,1H3/t14-,16+/m0/s1. The first-order chi connectivity index (χ1) is 11.1. The van der Waals surface area contributed by atoms with E-state index >= 15 is 0 Å². The van der Waals surface area contributed by atoms with Crippen LogP contribution in [0.15, 0.2) is 42.7 Å². The number of nitrogens with zero attached hydrogens (tertiary/aromatic N) is 2. The number of aromatic hydroxyl groups is 1. The van der Waals surface area contributed by atoms with Crippen LogP contribution in [0.4, 0.5) is 0 Å². The van der Waals surface area contributed by atoms with Crippen molar-refractivity contribution < 1.29 is 19.7 Å². The summed E-state index contributed by atoms with van der Waals surface area (Å²) in [4.78, 5) is 18.2. The Bertz CT molecular complexity index is 719. The molecule has 0 radical (unpaired) electrons. The van der Waals surface area contributed by atoms with Crippen molar-refractivity contribution in [1.29, 1.82) is 0 Å². The highest BCUT2D eigenvalue weighted by atomic mass is 16.5. The second kappa shape index (κ2) is 6.26. The summed E-state index contributed by atoms with van der Waals surface area (Å²) in [6, 6.07) is 8.60. The number of likely N-dealkylation sites (tertiary alicyclic amines) is 1. The number of aliphatic hydroxyl groups excluding tert-OH is 1. The highest BCUT2D eigenvalue weighted by Crippen LogP contribution is 2.34. The van der Waals surface area contributed by atoms with E-state index in [0.717, 1.165) is 5.56 Å². The molecular formula is C17H18N2O4. The lowest BCUT2D eigenvalue weighted by Gasteiger charge is -2.25. The molecule has 1 amide bonds. The third-order valence-electron chi connectivity index (χ3n) is 3.99. The number of aliphatic hydroxyl groups is 1. The number of aromatic nitrogens is 1. The molecule has 6 heteroatoms. The number of ether oxygens (including phenoxy) is 1. The van der Waals surface area contributed by atoms with Gasteiger partial charge in [0.2, 0.25) is 0 Å². The molecule has 2 aromatic rings. The number of hydrogen-bond acceptors (Lipinski definition) is 5. The molecular weight excluding hydrogens is 296 g/mol. The van der Waals surface area contributed by atoms with Gasteiger partial charge in [-0.15, -0.1) is 0 Å². The topological polar surface area (TPSA) is 82.9 Å². The minimum atomic E-state index is -0.583. The van der Waals surface area contributed by atoms with Gasteiger partial charge in [-0.2, -0.15) is 0 Å². The van der Waals surface area contributed by atoms with Crippen molar-refractivity contribution >= 4 is 5.91 Å². The number of hydrogen-bond donors (Lipinski definition) is 2. The monoisotopic (exact) mass is 314 g/mol. The van der Waals surface area contributed by atoms with Crippen molar-refractivity contribution in [2.75, 3.05) is 13.7 Å². The van der Waals surface area contributed by atoms with E-state index in [4.69, 9.17) is 4.74 Å². The van der Waals surface area contributed by atoms with Crippen molar-refractivity contribution in [1.82, 2.24) is 9.88 Å². The molecule has 1 aromatic heterocycles. The average Bonchev–Trinajstić information content (AvgIpc) is 2.96. The molecule has 2 heterocycles. The Morgan fingerprint density at radius 1 is 1.35 bits per heavy atom. The van der Waals surface area contributed by atoms with E-state index in [-0.39, 0.29) is 24.2 Å². The van der Waals surface area contributed by atoms with Gasteiger partial charge < -0.3 is 19.8 Å². The predicted molar refractivity (Wildman–Crippen MR) is 83.3 cm³/mol. The van der Waals surface area contributed by atoms with Gasteiger partial charge in [0.15, 0.2) is 0 Å². The van der Waals surface area contributed by atoms with E-state index < -0.39 is 6.10 Å². The molecule has 1 saturated heterocycles. The van der Waals surface area contributed by atoms with Crippen LogP contribution < -0.4 is 4.74 Å². The molecule has 1 aromatic carbocycles. The van der Waals surface area contributed by atoms with Gasteiger partial charge >= 0.3 is 0 Å². The van der Waals surface area contributed by atoms with E-state index in [0.29, 0.717) is 17.7 Å². The van der Waals surface area contributed by atoms with Crippen LogP contribution in [0.2, 0.25) is 0 Å². The third kappa shape index (κ3) is 3.12. The lowest BCUT2D eigenvalue weighted by atomic mass is 10.0. The number of amides is 1. The molecule has 2 atom stereocenters. The van der Waals surface area contributed by atoms with Crippen LogP contribution in [-0.4, -0.2) is 45.8 Å². The van der Waals surface area contributed by atoms with Gasteiger partial charge in [0.05, 0.1) is 31.0 Å². The summed E-state index contributed by atoms with van der Waals surface area (Å²) in [5.74, 6) is 0.376. The second-order valence-corrected chi connectivity index (χ2v) is 5.57. The molecule has 1 aliphatic heterocycles. The molecule has 2 N–H and O–H groups in total. The van der Waals surface area contributed by atoms with Gasteiger partial charge in [-0.25, -0.2) is 0 Å². The average molecular weight is 314 g/mol. The number of methoxy groups -OCH3 is 1. The first-order valence-corrected chi connectivity index (χ1v) is 7.35. The minimum Gasteiger partial charge on any atom is -0.506 e. The van der Waals surface area contributed by atoms with Crippen LogP contribution in [0.1, 0.15) is 28.4 Å². The Kier molecular flexibility index (Phi) is 4.16. The van der Waals surface area contributed by atoms with E-state index in [1.807, 2.05) is 24.3 Å². The number of carbonyl (C=O) groups is 1. The van der Waals surface area contributed by atoms with E-state index in [2.05, 4.69) is 4.98 Å². The van der Waals surface area contributed by atoms with Crippen LogP contribution in [0.5, 0.6) is 11.5 Å². The molecule has 120 valence electrons. The quantitative estimate of drug-likeness (QED) is 0.902. The number of benzene rings is 1. The Balaban J connectivity index is 1.91. The summed E-state index contributed by atoms with van der Waals surface area (Å²) in [6.07, 6.45) is 2.57. The molecule has 0 saturated carbocycles. The highest BCUT2D eigenvalue weighted by Gasteiger charge is 2.36. The molecule has 6 nitrogen and oxygen atoms in total.